The van der Waals surface area contributed by atoms with Gasteiger partial charge in [0.05, 0.1) is 0 Å². The number of thiophene rings is 1. The van der Waals surface area contributed by atoms with E-state index in [9.17, 15) is 4.39 Å². The smallest absolute Gasteiger partial charge is 0.230 e. The van der Waals surface area contributed by atoms with Gasteiger partial charge in [-0.05, 0) is 35.7 Å². The number of fused-ring (bicyclic) bond motifs is 1. The molecule has 2 aromatic heterocycles. The van der Waals surface area contributed by atoms with Gasteiger partial charge in [0.15, 0.2) is 0 Å². The first-order valence-electron chi connectivity index (χ1n) is 5.16. The van der Waals surface area contributed by atoms with Gasteiger partial charge in [-0.3, -0.25) is 0 Å². The first-order chi connectivity index (χ1) is 8.72. The van der Waals surface area contributed by atoms with Crippen LogP contribution in [-0.2, 0) is 0 Å². The topological polar surface area (TPSA) is 37.8 Å². The lowest BCUT2D eigenvalue weighted by Crippen LogP contribution is -1.97. The maximum absolute atomic E-state index is 12.8. The number of hydrogen-bond donors (Lipinski definition) is 1. The van der Waals surface area contributed by atoms with Crippen molar-refractivity contribution in [2.45, 2.75) is 0 Å². The third-order valence-corrected chi connectivity index (χ3v) is 3.47. The Morgan fingerprint density at radius 2 is 1.89 bits per heavy atom. The van der Waals surface area contributed by atoms with Gasteiger partial charge < -0.3 is 5.32 Å². The lowest BCUT2D eigenvalue weighted by atomic mass is 10.3. The lowest BCUT2D eigenvalue weighted by molar-refractivity contribution is 0.628. The molecular weight excluding hydrogens is 273 g/mol. The van der Waals surface area contributed by atoms with Gasteiger partial charge in [-0.15, -0.1) is 11.3 Å². The number of halogens is 2. The Bertz CT molecular complexity index is 696. The van der Waals surface area contributed by atoms with E-state index < -0.39 is 0 Å². The fourth-order valence-electron chi connectivity index (χ4n) is 1.54. The molecule has 1 aromatic carbocycles. The Morgan fingerprint density at radius 3 is 2.67 bits per heavy atom. The average molecular weight is 280 g/mol. The van der Waals surface area contributed by atoms with Crippen molar-refractivity contribution in [1.29, 1.82) is 0 Å². The van der Waals surface area contributed by atoms with Crippen molar-refractivity contribution in [1.82, 2.24) is 9.97 Å². The molecule has 0 unspecified atom stereocenters. The summed E-state index contributed by atoms with van der Waals surface area (Å²) in [4.78, 5) is 9.30. The number of nitrogens with one attached hydrogen (secondary N) is 1. The van der Waals surface area contributed by atoms with Gasteiger partial charge in [0.1, 0.15) is 15.8 Å². The second-order valence-corrected chi connectivity index (χ2v) is 4.86. The van der Waals surface area contributed by atoms with Crippen LogP contribution in [0.3, 0.4) is 0 Å². The van der Waals surface area contributed by atoms with Crippen LogP contribution < -0.4 is 5.32 Å². The van der Waals surface area contributed by atoms with E-state index in [1.807, 2.05) is 11.4 Å². The molecule has 0 saturated heterocycles. The summed E-state index contributed by atoms with van der Waals surface area (Å²) in [6, 6.07) is 7.85. The van der Waals surface area contributed by atoms with Gasteiger partial charge in [-0.1, -0.05) is 11.6 Å². The van der Waals surface area contributed by atoms with Crippen LogP contribution in [0, 0.1) is 5.82 Å². The highest BCUT2D eigenvalue weighted by Gasteiger charge is 2.07. The first-order valence-corrected chi connectivity index (χ1v) is 6.41. The van der Waals surface area contributed by atoms with Gasteiger partial charge in [-0.2, -0.15) is 0 Å². The van der Waals surface area contributed by atoms with Crippen molar-refractivity contribution in [2.75, 3.05) is 5.32 Å². The number of rotatable bonds is 2. The molecule has 0 aliphatic heterocycles. The van der Waals surface area contributed by atoms with Crippen LogP contribution in [-0.4, -0.2) is 9.97 Å². The van der Waals surface area contributed by atoms with E-state index in [-0.39, 0.29) is 5.82 Å². The van der Waals surface area contributed by atoms with Gasteiger partial charge in [0.25, 0.3) is 0 Å². The summed E-state index contributed by atoms with van der Waals surface area (Å²) in [5.74, 6) is 0.120. The Hall–Kier alpha value is -1.72. The number of hydrogen-bond acceptors (Lipinski definition) is 4. The fraction of sp³-hybridized carbons (Fsp3) is 0. The Morgan fingerprint density at radius 1 is 1.11 bits per heavy atom. The molecule has 18 heavy (non-hydrogen) atoms. The zero-order chi connectivity index (χ0) is 12.5. The third kappa shape index (κ3) is 2.14. The highest BCUT2D eigenvalue weighted by Crippen LogP contribution is 2.27. The van der Waals surface area contributed by atoms with Gasteiger partial charge in [0.2, 0.25) is 5.95 Å². The number of aromatic nitrogens is 2. The summed E-state index contributed by atoms with van der Waals surface area (Å²) in [6.07, 6.45) is 0. The normalized spacial score (nSPS) is 10.8. The molecule has 0 saturated carbocycles. The monoisotopic (exact) mass is 279 g/mol. The maximum Gasteiger partial charge on any atom is 0.230 e. The van der Waals surface area contributed by atoms with Crippen LogP contribution in [0.5, 0.6) is 0 Å². The quantitative estimate of drug-likeness (QED) is 0.714. The molecule has 0 amide bonds. The van der Waals surface area contributed by atoms with Crippen LogP contribution in [0.1, 0.15) is 0 Å². The summed E-state index contributed by atoms with van der Waals surface area (Å²) in [6.45, 7) is 0. The van der Waals surface area contributed by atoms with Gasteiger partial charge in [0, 0.05) is 11.1 Å². The molecule has 3 aromatic rings. The van der Waals surface area contributed by atoms with E-state index >= 15 is 0 Å². The zero-order valence-electron chi connectivity index (χ0n) is 9.02. The molecule has 2 heterocycles. The van der Waals surface area contributed by atoms with Crippen LogP contribution in [0.15, 0.2) is 35.7 Å². The minimum absolute atomic E-state index is 0.284. The molecule has 0 atom stereocenters. The highest BCUT2D eigenvalue weighted by molar-refractivity contribution is 7.16. The second kappa shape index (κ2) is 4.51. The van der Waals surface area contributed by atoms with Crippen LogP contribution in [0.4, 0.5) is 16.0 Å². The molecule has 0 aliphatic rings. The Labute approximate surface area is 111 Å². The van der Waals surface area contributed by atoms with Crippen molar-refractivity contribution < 1.29 is 4.39 Å². The van der Waals surface area contributed by atoms with E-state index in [4.69, 9.17) is 11.6 Å². The molecule has 1 N–H and O–H groups in total. The summed E-state index contributed by atoms with van der Waals surface area (Å²) in [5, 5.41) is 6.14. The fourth-order valence-corrected chi connectivity index (χ4v) is 2.59. The van der Waals surface area contributed by atoms with Gasteiger partial charge in [-0.25, -0.2) is 14.4 Å². The number of nitrogens with zero attached hydrogens (tertiary/aromatic N) is 2. The van der Waals surface area contributed by atoms with Crippen molar-refractivity contribution in [3.8, 4) is 0 Å². The molecule has 0 bridgehead atoms. The SMILES string of the molecule is Fc1ccc(Nc2nc(Cl)c3ccsc3n2)cc1. The average Bonchev–Trinajstić information content (AvgIpc) is 2.81. The number of anilines is 2. The van der Waals surface area contributed by atoms with Crippen LogP contribution >= 0.6 is 22.9 Å². The maximum atomic E-state index is 12.8. The molecule has 3 nitrogen and oxygen atoms in total. The van der Waals surface area contributed by atoms with E-state index in [1.165, 1.54) is 23.5 Å². The van der Waals surface area contributed by atoms with E-state index in [2.05, 4.69) is 15.3 Å². The standard InChI is InChI=1S/C12H7ClFN3S/c13-10-9-5-6-18-11(9)17-12(16-10)15-8-3-1-7(14)2-4-8/h1-6H,(H,15,16,17). The summed E-state index contributed by atoms with van der Waals surface area (Å²) >= 11 is 7.54. The molecule has 90 valence electrons. The van der Waals surface area contributed by atoms with E-state index in [0.29, 0.717) is 16.8 Å². The molecule has 0 spiro atoms. The predicted octanol–water partition coefficient (Wildman–Crippen LogP) is 4.23. The molecule has 0 radical (unpaired) electrons. The summed E-state index contributed by atoms with van der Waals surface area (Å²) in [5.41, 5.74) is 0.711. The van der Waals surface area contributed by atoms with E-state index in [1.54, 1.807) is 12.1 Å². The Kier molecular flexibility index (Phi) is 2.85. The van der Waals surface area contributed by atoms with Crippen molar-refractivity contribution in [3.05, 3.63) is 46.7 Å². The highest BCUT2D eigenvalue weighted by atomic mass is 35.5. The molecule has 6 heteroatoms. The van der Waals surface area contributed by atoms with Gasteiger partial charge >= 0.3 is 0 Å². The minimum Gasteiger partial charge on any atom is -0.324 e. The molecule has 0 aliphatic carbocycles. The van der Waals surface area contributed by atoms with Crippen molar-refractivity contribution >= 4 is 44.8 Å². The molecule has 0 fully saturated rings. The molecular formula is C12H7ClFN3S. The lowest BCUT2D eigenvalue weighted by Gasteiger charge is -2.05. The Balaban J connectivity index is 1.97. The van der Waals surface area contributed by atoms with Crippen LogP contribution in [0.2, 0.25) is 5.15 Å². The summed E-state index contributed by atoms with van der Waals surface area (Å²) < 4.78 is 12.8. The molecule has 3 rings (SSSR count). The van der Waals surface area contributed by atoms with Crippen LogP contribution in [0.25, 0.3) is 10.2 Å². The third-order valence-electron chi connectivity index (χ3n) is 2.38. The first kappa shape index (κ1) is 11.4. The predicted molar refractivity (Wildman–Crippen MR) is 72.1 cm³/mol. The summed E-state index contributed by atoms with van der Waals surface area (Å²) in [7, 11) is 0. The van der Waals surface area contributed by atoms with E-state index in [0.717, 1.165) is 10.2 Å². The largest absolute Gasteiger partial charge is 0.324 e. The van der Waals surface area contributed by atoms with Crippen molar-refractivity contribution in [3.63, 3.8) is 0 Å². The number of benzene rings is 1. The zero-order valence-corrected chi connectivity index (χ0v) is 10.6. The van der Waals surface area contributed by atoms with Crippen molar-refractivity contribution in [2.24, 2.45) is 0 Å². The minimum atomic E-state index is -0.284. The second-order valence-electron chi connectivity index (χ2n) is 3.61.